The molecule has 0 unspecified atom stereocenters. The van der Waals surface area contributed by atoms with Gasteiger partial charge < -0.3 is 9.73 Å². The van der Waals surface area contributed by atoms with Crippen LogP contribution in [0.2, 0.25) is 0 Å². The van der Waals surface area contributed by atoms with E-state index in [0.29, 0.717) is 5.92 Å². The Morgan fingerprint density at radius 2 is 1.85 bits per heavy atom. The molecule has 0 radical (unpaired) electrons. The van der Waals surface area contributed by atoms with Gasteiger partial charge in [-0.05, 0) is 30.3 Å². The van der Waals surface area contributed by atoms with E-state index in [1.165, 1.54) is 21.7 Å². The highest BCUT2D eigenvalue weighted by Crippen LogP contribution is 2.31. The molecule has 1 aromatic heterocycles. The van der Waals surface area contributed by atoms with E-state index in [2.05, 4.69) is 62.5 Å². The summed E-state index contributed by atoms with van der Waals surface area (Å²) in [5.41, 5.74) is 2.27. The third-order valence-corrected chi connectivity index (χ3v) is 3.77. The van der Waals surface area contributed by atoms with Gasteiger partial charge in [0.25, 0.3) is 0 Å². The maximum Gasteiger partial charge on any atom is 0.142 e. The minimum absolute atomic E-state index is 0.653. The van der Waals surface area contributed by atoms with Crippen molar-refractivity contribution in [2.75, 3.05) is 6.54 Å². The summed E-state index contributed by atoms with van der Waals surface area (Å²) in [6.07, 6.45) is 0. The van der Waals surface area contributed by atoms with Gasteiger partial charge in [-0.25, -0.2) is 0 Å². The second-order valence-electron chi connectivity index (χ2n) is 5.84. The van der Waals surface area contributed by atoms with Crippen LogP contribution in [0.15, 0.2) is 40.8 Å². The molecular weight excluding hydrogens is 246 g/mol. The summed E-state index contributed by atoms with van der Waals surface area (Å²) in [6.45, 7) is 8.38. The van der Waals surface area contributed by atoms with Gasteiger partial charge in [0.15, 0.2) is 0 Å². The first-order valence-corrected chi connectivity index (χ1v) is 7.27. The van der Waals surface area contributed by atoms with E-state index in [0.717, 1.165) is 24.4 Å². The maximum atomic E-state index is 6.13. The molecule has 2 heteroatoms. The van der Waals surface area contributed by atoms with E-state index < -0.39 is 0 Å². The summed E-state index contributed by atoms with van der Waals surface area (Å²) in [7, 11) is 0. The Balaban J connectivity index is 2.02. The lowest BCUT2D eigenvalue weighted by Gasteiger charge is -2.05. The van der Waals surface area contributed by atoms with Gasteiger partial charge in [-0.2, -0.15) is 0 Å². The van der Waals surface area contributed by atoms with Crippen LogP contribution in [-0.2, 0) is 6.54 Å². The van der Waals surface area contributed by atoms with Gasteiger partial charge in [0.05, 0.1) is 6.54 Å². The zero-order valence-corrected chi connectivity index (χ0v) is 12.4. The fourth-order valence-corrected chi connectivity index (χ4v) is 2.64. The molecule has 20 heavy (non-hydrogen) atoms. The van der Waals surface area contributed by atoms with Crippen molar-refractivity contribution < 1.29 is 4.42 Å². The number of aryl methyl sites for hydroxylation is 1. The predicted octanol–water partition coefficient (Wildman–Crippen LogP) is 4.64. The molecule has 104 valence electrons. The number of hydrogen-bond donors (Lipinski definition) is 1. The molecule has 0 aliphatic rings. The van der Waals surface area contributed by atoms with Gasteiger partial charge in [-0.1, -0.05) is 50.2 Å². The Bertz CT molecular complexity index is 740. The molecule has 0 saturated heterocycles. The van der Waals surface area contributed by atoms with Gasteiger partial charge in [-0.15, -0.1) is 0 Å². The molecule has 0 aliphatic heterocycles. The highest BCUT2D eigenvalue weighted by Gasteiger charge is 2.12. The lowest BCUT2D eigenvalue weighted by molar-refractivity contribution is 0.483. The first kappa shape index (κ1) is 13.2. The minimum atomic E-state index is 0.653. The van der Waals surface area contributed by atoms with E-state index in [1.807, 2.05) is 0 Å². The van der Waals surface area contributed by atoms with Crippen LogP contribution in [-0.4, -0.2) is 6.54 Å². The quantitative estimate of drug-likeness (QED) is 0.745. The van der Waals surface area contributed by atoms with Crippen molar-refractivity contribution in [3.8, 4) is 0 Å². The Hall–Kier alpha value is -1.80. The fraction of sp³-hybridized carbons (Fsp3) is 0.333. The SMILES string of the molecule is Cc1c(CNCC(C)C)oc2c1ccc1ccccc12. The number of benzene rings is 2. The van der Waals surface area contributed by atoms with Gasteiger partial charge in [0.1, 0.15) is 11.3 Å². The summed E-state index contributed by atoms with van der Waals surface area (Å²) in [5.74, 6) is 1.71. The first-order valence-electron chi connectivity index (χ1n) is 7.27. The molecule has 3 rings (SSSR count). The van der Waals surface area contributed by atoms with Crippen molar-refractivity contribution in [3.63, 3.8) is 0 Å². The number of furan rings is 1. The van der Waals surface area contributed by atoms with Crippen molar-refractivity contribution in [2.24, 2.45) is 5.92 Å². The highest BCUT2D eigenvalue weighted by molar-refractivity contribution is 6.05. The second-order valence-corrected chi connectivity index (χ2v) is 5.84. The van der Waals surface area contributed by atoms with Crippen LogP contribution < -0.4 is 5.32 Å². The summed E-state index contributed by atoms with van der Waals surface area (Å²) >= 11 is 0. The van der Waals surface area contributed by atoms with Crippen LogP contribution in [0.25, 0.3) is 21.7 Å². The van der Waals surface area contributed by atoms with Gasteiger partial charge in [0.2, 0.25) is 0 Å². The zero-order valence-electron chi connectivity index (χ0n) is 12.4. The average molecular weight is 267 g/mol. The molecule has 1 heterocycles. The third kappa shape index (κ3) is 2.32. The average Bonchev–Trinajstić information content (AvgIpc) is 2.76. The first-order chi connectivity index (χ1) is 9.66. The molecule has 0 saturated carbocycles. The Labute approximate surface area is 119 Å². The number of nitrogens with one attached hydrogen (secondary N) is 1. The van der Waals surface area contributed by atoms with Crippen LogP contribution in [0.3, 0.4) is 0 Å². The lowest BCUT2D eigenvalue weighted by Crippen LogP contribution is -2.18. The molecule has 2 aromatic carbocycles. The standard InChI is InChI=1S/C18H21NO/c1-12(2)10-19-11-17-13(3)15-9-8-14-6-4-5-7-16(14)18(15)20-17/h4-9,12,19H,10-11H2,1-3H3. The molecular formula is C18H21NO. The molecule has 1 N–H and O–H groups in total. The lowest BCUT2D eigenvalue weighted by atomic mass is 10.1. The van der Waals surface area contributed by atoms with Crippen LogP contribution in [0.4, 0.5) is 0 Å². The summed E-state index contributed by atoms with van der Waals surface area (Å²) in [4.78, 5) is 0. The maximum absolute atomic E-state index is 6.13. The molecule has 0 bridgehead atoms. The normalized spacial score (nSPS) is 11.8. The van der Waals surface area contributed by atoms with Gasteiger partial charge in [-0.3, -0.25) is 0 Å². The molecule has 0 spiro atoms. The number of hydrogen-bond acceptors (Lipinski definition) is 2. The van der Waals surface area contributed by atoms with Crippen LogP contribution in [0.5, 0.6) is 0 Å². The molecule has 2 nitrogen and oxygen atoms in total. The smallest absolute Gasteiger partial charge is 0.142 e. The minimum Gasteiger partial charge on any atom is -0.459 e. The van der Waals surface area contributed by atoms with Crippen molar-refractivity contribution >= 4 is 21.7 Å². The highest BCUT2D eigenvalue weighted by atomic mass is 16.3. The number of fused-ring (bicyclic) bond motifs is 3. The van der Waals surface area contributed by atoms with Crippen molar-refractivity contribution in [1.29, 1.82) is 0 Å². The summed E-state index contributed by atoms with van der Waals surface area (Å²) < 4.78 is 6.13. The topological polar surface area (TPSA) is 25.2 Å². The van der Waals surface area contributed by atoms with Crippen LogP contribution >= 0.6 is 0 Å². The summed E-state index contributed by atoms with van der Waals surface area (Å²) in [6, 6.07) is 12.7. The molecule has 0 atom stereocenters. The Morgan fingerprint density at radius 1 is 1.05 bits per heavy atom. The second kappa shape index (κ2) is 5.29. The van der Waals surface area contributed by atoms with E-state index in [-0.39, 0.29) is 0 Å². The zero-order chi connectivity index (χ0) is 14.1. The molecule has 0 fully saturated rings. The van der Waals surface area contributed by atoms with Gasteiger partial charge in [0, 0.05) is 10.8 Å². The Kier molecular flexibility index (Phi) is 3.49. The summed E-state index contributed by atoms with van der Waals surface area (Å²) in [5, 5.41) is 7.11. The van der Waals surface area contributed by atoms with E-state index in [1.54, 1.807) is 0 Å². The molecule has 3 aromatic rings. The monoisotopic (exact) mass is 267 g/mol. The van der Waals surface area contributed by atoms with E-state index >= 15 is 0 Å². The third-order valence-electron chi connectivity index (χ3n) is 3.77. The van der Waals surface area contributed by atoms with Crippen molar-refractivity contribution in [2.45, 2.75) is 27.3 Å². The Morgan fingerprint density at radius 3 is 2.65 bits per heavy atom. The predicted molar refractivity (Wildman–Crippen MR) is 85.0 cm³/mol. The van der Waals surface area contributed by atoms with Crippen LogP contribution in [0.1, 0.15) is 25.2 Å². The van der Waals surface area contributed by atoms with Crippen molar-refractivity contribution in [1.82, 2.24) is 5.32 Å². The molecule has 0 amide bonds. The van der Waals surface area contributed by atoms with Crippen LogP contribution in [0, 0.1) is 12.8 Å². The fourth-order valence-electron chi connectivity index (χ4n) is 2.64. The van der Waals surface area contributed by atoms with E-state index in [4.69, 9.17) is 4.42 Å². The van der Waals surface area contributed by atoms with Crippen molar-refractivity contribution in [3.05, 3.63) is 47.7 Å². The largest absolute Gasteiger partial charge is 0.459 e. The van der Waals surface area contributed by atoms with E-state index in [9.17, 15) is 0 Å². The van der Waals surface area contributed by atoms with Gasteiger partial charge >= 0.3 is 0 Å². The number of rotatable bonds is 4. The molecule has 0 aliphatic carbocycles.